The molecule has 1 N–H and O–H groups in total. The maximum atomic E-state index is 10.2. The molecule has 102 valence electrons. The molecule has 0 saturated carbocycles. The van der Waals surface area contributed by atoms with Crippen LogP contribution in [0.25, 0.3) is 5.69 Å². The van der Waals surface area contributed by atoms with Crippen LogP contribution >= 0.6 is 0 Å². The molecule has 2 unspecified atom stereocenters. The fourth-order valence-electron chi connectivity index (χ4n) is 2.36. The molecule has 3 heteroatoms. The van der Waals surface area contributed by atoms with Gasteiger partial charge in [-0.2, -0.15) is 5.10 Å². The number of hydrogen-bond acceptors (Lipinski definition) is 2. The summed E-state index contributed by atoms with van der Waals surface area (Å²) in [7, 11) is 0. The van der Waals surface area contributed by atoms with Crippen LogP contribution in [0.15, 0.2) is 42.7 Å². The Morgan fingerprint density at radius 3 is 2.68 bits per heavy atom. The van der Waals surface area contributed by atoms with Crippen LogP contribution in [-0.4, -0.2) is 14.9 Å². The summed E-state index contributed by atoms with van der Waals surface area (Å²) in [5, 5.41) is 14.5. The molecule has 2 aromatic rings. The zero-order valence-electron chi connectivity index (χ0n) is 11.7. The van der Waals surface area contributed by atoms with Crippen molar-refractivity contribution in [1.82, 2.24) is 9.78 Å². The van der Waals surface area contributed by atoms with Gasteiger partial charge in [-0.15, -0.1) is 0 Å². The Labute approximate surface area is 114 Å². The summed E-state index contributed by atoms with van der Waals surface area (Å²) < 4.78 is 1.81. The molecule has 1 aromatic heterocycles. The van der Waals surface area contributed by atoms with Gasteiger partial charge < -0.3 is 5.11 Å². The van der Waals surface area contributed by atoms with Gasteiger partial charge in [-0.1, -0.05) is 44.9 Å². The van der Waals surface area contributed by atoms with Crippen LogP contribution in [0.2, 0.25) is 0 Å². The smallest absolute Gasteiger partial charge is 0.0823 e. The van der Waals surface area contributed by atoms with Crippen molar-refractivity contribution in [2.75, 3.05) is 0 Å². The average Bonchev–Trinajstić information content (AvgIpc) is 2.89. The molecule has 2 rings (SSSR count). The van der Waals surface area contributed by atoms with Gasteiger partial charge >= 0.3 is 0 Å². The number of para-hydroxylation sites is 1. The second-order valence-electron chi connectivity index (χ2n) is 5.20. The second kappa shape index (κ2) is 6.53. The summed E-state index contributed by atoms with van der Waals surface area (Å²) in [6.07, 6.45) is 6.38. The number of benzene rings is 1. The van der Waals surface area contributed by atoms with Crippen molar-refractivity contribution in [2.45, 2.75) is 39.2 Å². The number of aliphatic hydroxyl groups excluding tert-OH is 1. The van der Waals surface area contributed by atoms with E-state index in [9.17, 15) is 5.11 Å². The van der Waals surface area contributed by atoms with E-state index in [4.69, 9.17) is 0 Å². The number of nitrogens with zero attached hydrogens (tertiary/aromatic N) is 2. The van der Waals surface area contributed by atoms with E-state index >= 15 is 0 Å². The van der Waals surface area contributed by atoms with E-state index in [0.29, 0.717) is 5.92 Å². The van der Waals surface area contributed by atoms with Crippen LogP contribution in [0, 0.1) is 5.92 Å². The molecule has 0 amide bonds. The predicted octanol–water partition coefficient (Wildman–Crippen LogP) is 3.73. The van der Waals surface area contributed by atoms with Gasteiger partial charge in [0.1, 0.15) is 0 Å². The second-order valence-corrected chi connectivity index (χ2v) is 5.20. The molecule has 19 heavy (non-hydrogen) atoms. The molecule has 2 atom stereocenters. The molecular weight excluding hydrogens is 236 g/mol. The summed E-state index contributed by atoms with van der Waals surface area (Å²) in [4.78, 5) is 0. The Bertz CT molecular complexity index is 492. The van der Waals surface area contributed by atoms with Crippen molar-refractivity contribution in [3.8, 4) is 5.69 Å². The fraction of sp³-hybridized carbons (Fsp3) is 0.438. The van der Waals surface area contributed by atoms with E-state index in [1.807, 2.05) is 41.2 Å². The third kappa shape index (κ3) is 3.67. The van der Waals surface area contributed by atoms with Gasteiger partial charge in [0, 0.05) is 11.8 Å². The topological polar surface area (TPSA) is 38.1 Å². The molecule has 0 bridgehead atoms. The quantitative estimate of drug-likeness (QED) is 0.857. The van der Waals surface area contributed by atoms with Gasteiger partial charge in [-0.3, -0.25) is 0 Å². The molecule has 3 nitrogen and oxygen atoms in total. The van der Waals surface area contributed by atoms with E-state index in [1.54, 1.807) is 6.20 Å². The first-order chi connectivity index (χ1) is 9.20. The number of aromatic nitrogens is 2. The van der Waals surface area contributed by atoms with Crippen LogP contribution < -0.4 is 0 Å². The van der Waals surface area contributed by atoms with Crippen molar-refractivity contribution in [3.05, 3.63) is 48.3 Å². The number of aliphatic hydroxyl groups is 1. The molecule has 1 heterocycles. The van der Waals surface area contributed by atoms with E-state index in [0.717, 1.165) is 30.5 Å². The number of rotatable bonds is 6. The molecule has 0 aliphatic rings. The number of hydrogen-bond donors (Lipinski definition) is 1. The Balaban J connectivity index is 2.04. The molecule has 0 radical (unpaired) electrons. The first-order valence-electron chi connectivity index (χ1n) is 6.98. The molecule has 0 fully saturated rings. The van der Waals surface area contributed by atoms with Gasteiger partial charge in [-0.25, -0.2) is 4.68 Å². The first-order valence-corrected chi connectivity index (χ1v) is 6.98. The van der Waals surface area contributed by atoms with Crippen LogP contribution in [0.3, 0.4) is 0 Å². The highest BCUT2D eigenvalue weighted by atomic mass is 16.3. The zero-order chi connectivity index (χ0) is 13.7. The summed E-state index contributed by atoms with van der Waals surface area (Å²) in [5.74, 6) is 0.542. The Hall–Kier alpha value is -1.61. The minimum atomic E-state index is -0.418. The lowest BCUT2D eigenvalue weighted by Crippen LogP contribution is -2.03. The van der Waals surface area contributed by atoms with E-state index in [1.165, 1.54) is 0 Å². The SMILES string of the molecule is CCCC(C)CC(O)c1cnn(-c2ccccc2)c1. The average molecular weight is 258 g/mol. The van der Waals surface area contributed by atoms with Crippen molar-refractivity contribution in [3.63, 3.8) is 0 Å². The lowest BCUT2D eigenvalue weighted by molar-refractivity contribution is 0.145. The van der Waals surface area contributed by atoms with Crippen LogP contribution in [0.5, 0.6) is 0 Å². The highest BCUT2D eigenvalue weighted by Gasteiger charge is 2.14. The monoisotopic (exact) mass is 258 g/mol. The van der Waals surface area contributed by atoms with E-state index < -0.39 is 6.10 Å². The summed E-state index contributed by atoms with van der Waals surface area (Å²) in [5.41, 5.74) is 1.91. The van der Waals surface area contributed by atoms with Crippen LogP contribution in [0.1, 0.15) is 44.8 Å². The van der Waals surface area contributed by atoms with Crippen molar-refractivity contribution in [2.24, 2.45) is 5.92 Å². The lowest BCUT2D eigenvalue weighted by atomic mass is 9.96. The van der Waals surface area contributed by atoms with Crippen LogP contribution in [0.4, 0.5) is 0 Å². The van der Waals surface area contributed by atoms with Gasteiger partial charge in [-0.05, 0) is 24.5 Å². The van der Waals surface area contributed by atoms with E-state index in [2.05, 4.69) is 18.9 Å². The van der Waals surface area contributed by atoms with Gasteiger partial charge in [0.15, 0.2) is 0 Å². The normalized spacial score (nSPS) is 14.3. The van der Waals surface area contributed by atoms with Crippen LogP contribution in [-0.2, 0) is 0 Å². The zero-order valence-corrected chi connectivity index (χ0v) is 11.7. The molecule has 0 saturated heterocycles. The fourth-order valence-corrected chi connectivity index (χ4v) is 2.36. The first kappa shape index (κ1) is 13.8. The van der Waals surface area contributed by atoms with Crippen molar-refractivity contribution in [1.29, 1.82) is 0 Å². The van der Waals surface area contributed by atoms with Gasteiger partial charge in [0.25, 0.3) is 0 Å². The third-order valence-corrected chi connectivity index (χ3v) is 3.42. The minimum absolute atomic E-state index is 0.418. The summed E-state index contributed by atoms with van der Waals surface area (Å²) in [6.45, 7) is 4.37. The maximum Gasteiger partial charge on any atom is 0.0823 e. The van der Waals surface area contributed by atoms with E-state index in [-0.39, 0.29) is 0 Å². The van der Waals surface area contributed by atoms with Gasteiger partial charge in [0.2, 0.25) is 0 Å². The summed E-state index contributed by atoms with van der Waals surface area (Å²) >= 11 is 0. The minimum Gasteiger partial charge on any atom is -0.388 e. The lowest BCUT2D eigenvalue weighted by Gasteiger charge is -2.14. The summed E-state index contributed by atoms with van der Waals surface area (Å²) in [6, 6.07) is 9.95. The predicted molar refractivity (Wildman–Crippen MR) is 77.2 cm³/mol. The molecule has 0 aliphatic heterocycles. The maximum absolute atomic E-state index is 10.2. The van der Waals surface area contributed by atoms with Crippen molar-refractivity contribution >= 4 is 0 Å². The highest BCUT2D eigenvalue weighted by Crippen LogP contribution is 2.23. The molecule has 1 aromatic carbocycles. The third-order valence-electron chi connectivity index (χ3n) is 3.42. The van der Waals surface area contributed by atoms with Crippen molar-refractivity contribution < 1.29 is 5.11 Å². The molecule has 0 spiro atoms. The highest BCUT2D eigenvalue weighted by molar-refractivity contribution is 5.31. The standard InChI is InChI=1S/C16H22N2O/c1-3-7-13(2)10-16(19)14-11-17-18(12-14)15-8-5-4-6-9-15/h4-6,8-9,11-13,16,19H,3,7,10H2,1-2H3. The Kier molecular flexibility index (Phi) is 4.74. The Morgan fingerprint density at radius 2 is 2.00 bits per heavy atom. The Morgan fingerprint density at radius 1 is 1.26 bits per heavy atom. The molecule has 0 aliphatic carbocycles. The molecular formula is C16H22N2O. The largest absolute Gasteiger partial charge is 0.388 e. The van der Waals surface area contributed by atoms with Gasteiger partial charge in [0.05, 0.1) is 18.0 Å².